The number of hydrogen-bond donors (Lipinski definition) is 2. The number of nitrogens with two attached hydrogens (primary N) is 1. The number of oxime groups is 1. The molecule has 0 fully saturated rings. The maximum Gasteiger partial charge on any atom is 0.296 e. The lowest BCUT2D eigenvalue weighted by Crippen LogP contribution is -2.35. The average molecular weight is 227 g/mol. The zero-order chi connectivity index (χ0) is 11.5. The molecule has 0 spiro atoms. The minimum absolute atomic E-state index is 0.314. The van der Waals surface area contributed by atoms with Gasteiger partial charge in [-0.1, -0.05) is 29.4 Å². The van der Waals surface area contributed by atoms with Crippen LogP contribution in [-0.4, -0.2) is 18.5 Å². The molecule has 1 aliphatic heterocycles. The third-order valence-electron chi connectivity index (χ3n) is 2.23. The first kappa shape index (κ1) is 10.8. The van der Waals surface area contributed by atoms with Gasteiger partial charge in [0, 0.05) is 12.1 Å². The van der Waals surface area contributed by atoms with Gasteiger partial charge < -0.3 is 15.9 Å². The number of halogens is 2. The van der Waals surface area contributed by atoms with E-state index in [1.54, 1.807) is 12.1 Å². The summed E-state index contributed by atoms with van der Waals surface area (Å²) in [5, 5.41) is 6.05. The van der Waals surface area contributed by atoms with Crippen molar-refractivity contribution in [3.8, 4) is 0 Å². The van der Waals surface area contributed by atoms with Crippen LogP contribution in [0, 0.1) is 0 Å². The lowest BCUT2D eigenvalue weighted by molar-refractivity contribution is -0.0466. The lowest BCUT2D eigenvalue weighted by atomic mass is 10.1. The Kier molecular flexibility index (Phi) is 3.00. The third-order valence-corrected chi connectivity index (χ3v) is 2.23. The van der Waals surface area contributed by atoms with Gasteiger partial charge in [-0.3, -0.25) is 0 Å². The number of alkyl halides is 2. The van der Waals surface area contributed by atoms with Crippen molar-refractivity contribution in [3.63, 3.8) is 0 Å². The van der Waals surface area contributed by atoms with Crippen molar-refractivity contribution in [3.05, 3.63) is 35.4 Å². The van der Waals surface area contributed by atoms with Crippen LogP contribution in [-0.2, 0) is 11.4 Å². The summed E-state index contributed by atoms with van der Waals surface area (Å²) in [6.45, 7) is 0.441. The lowest BCUT2D eigenvalue weighted by Gasteiger charge is -2.08. The molecule has 0 saturated carbocycles. The maximum absolute atomic E-state index is 12.3. The first-order valence-electron chi connectivity index (χ1n) is 4.78. The van der Waals surface area contributed by atoms with E-state index in [2.05, 4.69) is 15.3 Å². The standard InChI is InChI=1S/C10H11F2N3O/c11-8(12)10-14-9(15-16-10)7-3-1-6(5-13)2-4-7/h1-4,8,10H,5,13H2,(H,14,15). The van der Waals surface area contributed by atoms with E-state index in [-0.39, 0.29) is 0 Å². The van der Waals surface area contributed by atoms with E-state index >= 15 is 0 Å². The van der Waals surface area contributed by atoms with Gasteiger partial charge in [0.15, 0.2) is 5.84 Å². The number of nitrogens with one attached hydrogen (secondary N) is 1. The Morgan fingerprint density at radius 3 is 2.56 bits per heavy atom. The molecule has 0 radical (unpaired) electrons. The van der Waals surface area contributed by atoms with Gasteiger partial charge in [0.25, 0.3) is 12.7 Å². The zero-order valence-corrected chi connectivity index (χ0v) is 8.36. The fourth-order valence-electron chi connectivity index (χ4n) is 1.34. The van der Waals surface area contributed by atoms with Crippen LogP contribution in [0.1, 0.15) is 11.1 Å². The first-order chi connectivity index (χ1) is 7.70. The van der Waals surface area contributed by atoms with Crippen LogP contribution in [0.25, 0.3) is 0 Å². The second-order valence-electron chi connectivity index (χ2n) is 3.35. The van der Waals surface area contributed by atoms with Gasteiger partial charge in [0.05, 0.1) is 0 Å². The summed E-state index contributed by atoms with van der Waals surface area (Å²) in [4.78, 5) is 4.54. The van der Waals surface area contributed by atoms with E-state index in [9.17, 15) is 8.78 Å². The molecule has 0 amide bonds. The molecule has 3 N–H and O–H groups in total. The van der Waals surface area contributed by atoms with Gasteiger partial charge in [0.2, 0.25) is 0 Å². The molecule has 4 nitrogen and oxygen atoms in total. The van der Waals surface area contributed by atoms with Crippen LogP contribution in [0.3, 0.4) is 0 Å². The molecule has 86 valence electrons. The molecule has 1 atom stereocenters. The van der Waals surface area contributed by atoms with E-state index in [1.807, 2.05) is 12.1 Å². The summed E-state index contributed by atoms with van der Waals surface area (Å²) in [7, 11) is 0. The number of rotatable bonds is 3. The van der Waals surface area contributed by atoms with Crippen molar-refractivity contribution in [1.29, 1.82) is 0 Å². The number of amidine groups is 1. The Bertz CT molecular complexity index is 392. The highest BCUT2D eigenvalue weighted by atomic mass is 19.3. The molecule has 2 rings (SSSR count). The summed E-state index contributed by atoms with van der Waals surface area (Å²) in [5.41, 5.74) is 7.11. The Hall–Kier alpha value is -1.69. The van der Waals surface area contributed by atoms with Crippen LogP contribution < -0.4 is 11.1 Å². The second kappa shape index (κ2) is 4.44. The van der Waals surface area contributed by atoms with Gasteiger partial charge >= 0.3 is 0 Å². The Morgan fingerprint density at radius 2 is 2.06 bits per heavy atom. The van der Waals surface area contributed by atoms with Gasteiger partial charge in [-0.15, -0.1) is 0 Å². The molecular weight excluding hydrogens is 216 g/mol. The van der Waals surface area contributed by atoms with Gasteiger partial charge in [-0.2, -0.15) is 0 Å². The van der Waals surface area contributed by atoms with Crippen LogP contribution in [0.4, 0.5) is 8.78 Å². The highest BCUT2D eigenvalue weighted by Gasteiger charge is 2.28. The third kappa shape index (κ3) is 2.11. The Morgan fingerprint density at radius 1 is 1.38 bits per heavy atom. The molecule has 1 aromatic rings. The maximum atomic E-state index is 12.3. The van der Waals surface area contributed by atoms with Gasteiger partial charge in [-0.05, 0) is 5.56 Å². The zero-order valence-electron chi connectivity index (χ0n) is 8.36. The second-order valence-corrected chi connectivity index (χ2v) is 3.35. The van der Waals surface area contributed by atoms with Crippen LogP contribution in [0.2, 0.25) is 0 Å². The van der Waals surface area contributed by atoms with Crippen molar-refractivity contribution >= 4 is 5.84 Å². The predicted molar refractivity (Wildman–Crippen MR) is 54.9 cm³/mol. The largest absolute Gasteiger partial charge is 0.362 e. The molecule has 0 bridgehead atoms. The molecule has 0 saturated heterocycles. The van der Waals surface area contributed by atoms with Crippen molar-refractivity contribution in [2.75, 3.05) is 0 Å². The number of hydrogen-bond acceptors (Lipinski definition) is 4. The van der Waals surface area contributed by atoms with E-state index in [0.717, 1.165) is 5.56 Å². The molecular formula is C10H11F2N3O. The molecule has 0 aliphatic carbocycles. The van der Waals surface area contributed by atoms with E-state index in [0.29, 0.717) is 17.9 Å². The number of benzene rings is 1. The SMILES string of the molecule is NCc1ccc(C2=NOC(C(F)F)N2)cc1. The minimum Gasteiger partial charge on any atom is -0.362 e. The topological polar surface area (TPSA) is 59.6 Å². The average Bonchev–Trinajstić information content (AvgIpc) is 2.78. The quantitative estimate of drug-likeness (QED) is 0.810. The molecule has 16 heavy (non-hydrogen) atoms. The Labute approximate surface area is 91.1 Å². The normalized spacial score (nSPS) is 19.2. The monoisotopic (exact) mass is 227 g/mol. The Balaban J connectivity index is 2.08. The van der Waals surface area contributed by atoms with Crippen molar-refractivity contribution < 1.29 is 13.6 Å². The van der Waals surface area contributed by atoms with Gasteiger partial charge in [0.1, 0.15) is 0 Å². The molecule has 1 heterocycles. The predicted octanol–water partition coefficient (Wildman–Crippen LogP) is 1.02. The molecule has 0 aromatic heterocycles. The van der Waals surface area contributed by atoms with Crippen molar-refractivity contribution in [2.45, 2.75) is 19.2 Å². The van der Waals surface area contributed by atoms with Crippen molar-refractivity contribution in [2.24, 2.45) is 10.9 Å². The summed E-state index contributed by atoms with van der Waals surface area (Å²) >= 11 is 0. The summed E-state index contributed by atoms with van der Waals surface area (Å²) in [6.07, 6.45) is -3.96. The fraction of sp³-hybridized carbons (Fsp3) is 0.300. The highest BCUT2D eigenvalue weighted by Crippen LogP contribution is 2.13. The molecule has 6 heteroatoms. The molecule has 1 aliphatic rings. The van der Waals surface area contributed by atoms with E-state index in [1.165, 1.54) is 0 Å². The molecule has 1 unspecified atom stereocenters. The fourth-order valence-corrected chi connectivity index (χ4v) is 1.34. The van der Waals surface area contributed by atoms with E-state index in [4.69, 9.17) is 5.73 Å². The van der Waals surface area contributed by atoms with Crippen LogP contribution in [0.15, 0.2) is 29.4 Å². The van der Waals surface area contributed by atoms with Crippen LogP contribution >= 0.6 is 0 Å². The first-order valence-corrected chi connectivity index (χ1v) is 4.78. The van der Waals surface area contributed by atoms with E-state index < -0.39 is 12.7 Å². The summed E-state index contributed by atoms with van der Waals surface area (Å²) in [5.74, 6) is 0.314. The molecule has 1 aromatic carbocycles. The van der Waals surface area contributed by atoms with Crippen molar-refractivity contribution in [1.82, 2.24) is 5.32 Å². The minimum atomic E-state index is -2.61. The summed E-state index contributed by atoms with van der Waals surface area (Å²) < 4.78 is 24.5. The number of nitrogens with zero attached hydrogens (tertiary/aromatic N) is 1. The highest BCUT2D eigenvalue weighted by molar-refractivity contribution is 5.99. The smallest absolute Gasteiger partial charge is 0.296 e. The van der Waals surface area contributed by atoms with Gasteiger partial charge in [-0.25, -0.2) is 8.78 Å². The summed E-state index contributed by atoms with van der Waals surface area (Å²) in [6, 6.07) is 7.14. The van der Waals surface area contributed by atoms with Crippen LogP contribution in [0.5, 0.6) is 0 Å².